The van der Waals surface area contributed by atoms with Crippen molar-refractivity contribution in [2.45, 2.75) is 72.8 Å². The van der Waals surface area contributed by atoms with Gasteiger partial charge in [0.15, 0.2) is 0 Å². The molecule has 2 N–H and O–H groups in total. The molecule has 1 aliphatic rings. The van der Waals surface area contributed by atoms with E-state index in [9.17, 15) is 4.79 Å². The van der Waals surface area contributed by atoms with E-state index in [0.717, 1.165) is 38.6 Å². The molecule has 0 unspecified atom stereocenters. The normalized spacial score (nSPS) is 21.2. The molecular formula is C15H34N2O. The molecule has 0 aliphatic heterocycles. The highest BCUT2D eigenvalue weighted by Gasteiger charge is 2.28. The Kier molecular flexibility index (Phi) is 15.9. The molecule has 0 aromatic rings. The summed E-state index contributed by atoms with van der Waals surface area (Å²) in [6.07, 6.45) is 5.43. The number of unbranched alkanes of at least 4 members (excludes halogenated alkanes) is 1. The van der Waals surface area contributed by atoms with Crippen molar-refractivity contribution >= 4 is 5.91 Å². The van der Waals surface area contributed by atoms with E-state index in [1.165, 1.54) is 0 Å². The van der Waals surface area contributed by atoms with Crippen LogP contribution in [0.25, 0.3) is 0 Å². The van der Waals surface area contributed by atoms with Crippen molar-refractivity contribution in [3.8, 4) is 0 Å². The lowest BCUT2D eigenvalue weighted by atomic mass is 10.1. The van der Waals surface area contributed by atoms with E-state index in [1.807, 2.05) is 34.7 Å². The van der Waals surface area contributed by atoms with Gasteiger partial charge in [0.05, 0.1) is 0 Å². The van der Waals surface area contributed by atoms with E-state index in [0.29, 0.717) is 6.04 Å². The zero-order valence-electron chi connectivity index (χ0n) is 13.3. The van der Waals surface area contributed by atoms with E-state index < -0.39 is 0 Å². The Morgan fingerprint density at radius 1 is 1.17 bits per heavy atom. The molecule has 3 nitrogen and oxygen atoms in total. The van der Waals surface area contributed by atoms with E-state index in [2.05, 4.69) is 17.6 Å². The smallest absolute Gasteiger partial charge is 0.223 e. The first kappa shape index (κ1) is 19.8. The fraction of sp³-hybridized carbons (Fsp3) is 0.933. The maximum absolute atomic E-state index is 11.6. The predicted octanol–water partition coefficient (Wildman–Crippen LogP) is 3.34. The summed E-state index contributed by atoms with van der Waals surface area (Å²) in [6.45, 7) is 11.0. The second-order valence-corrected chi connectivity index (χ2v) is 4.14. The van der Waals surface area contributed by atoms with Gasteiger partial charge >= 0.3 is 0 Å². The van der Waals surface area contributed by atoms with Crippen LogP contribution in [-0.4, -0.2) is 25.5 Å². The molecule has 110 valence electrons. The lowest BCUT2D eigenvalue weighted by Crippen LogP contribution is -2.31. The third kappa shape index (κ3) is 8.51. The molecule has 0 heterocycles. The maximum Gasteiger partial charge on any atom is 0.223 e. The minimum Gasteiger partial charge on any atom is -0.356 e. The molecule has 1 saturated carbocycles. The van der Waals surface area contributed by atoms with Gasteiger partial charge in [-0.15, -0.1) is 0 Å². The Morgan fingerprint density at radius 3 is 2.22 bits per heavy atom. The summed E-state index contributed by atoms with van der Waals surface area (Å²) < 4.78 is 0. The Hall–Kier alpha value is -0.570. The van der Waals surface area contributed by atoms with Gasteiger partial charge in [0.25, 0.3) is 0 Å². The second kappa shape index (κ2) is 14.5. The van der Waals surface area contributed by atoms with Gasteiger partial charge in [-0.05, 0) is 32.7 Å². The standard InChI is InChI=1S/C11H22N2O.2C2H6/c1-3-4-7-13-11(14)9-5-6-10(8-9)12-2;2*1-2/h9-10,12H,3-8H2,1-2H3,(H,13,14);2*1-2H3/t9-,10+;;/m0../s1. The molecular weight excluding hydrogens is 224 g/mol. The number of nitrogens with one attached hydrogen (secondary N) is 2. The van der Waals surface area contributed by atoms with Crippen molar-refractivity contribution in [2.75, 3.05) is 13.6 Å². The van der Waals surface area contributed by atoms with Gasteiger partial charge in [-0.25, -0.2) is 0 Å². The van der Waals surface area contributed by atoms with Gasteiger partial charge in [0, 0.05) is 18.5 Å². The summed E-state index contributed by atoms with van der Waals surface area (Å²) >= 11 is 0. The largest absolute Gasteiger partial charge is 0.356 e. The third-order valence-corrected chi connectivity index (χ3v) is 3.04. The molecule has 1 amide bonds. The van der Waals surface area contributed by atoms with Crippen molar-refractivity contribution in [1.29, 1.82) is 0 Å². The summed E-state index contributed by atoms with van der Waals surface area (Å²) in [4.78, 5) is 11.6. The lowest BCUT2D eigenvalue weighted by molar-refractivity contribution is -0.124. The number of carbonyl (C=O) groups excluding carboxylic acids is 1. The average molecular weight is 258 g/mol. The summed E-state index contributed by atoms with van der Waals surface area (Å²) in [6, 6.07) is 0.553. The molecule has 0 radical (unpaired) electrons. The van der Waals surface area contributed by atoms with Gasteiger partial charge in [-0.3, -0.25) is 4.79 Å². The topological polar surface area (TPSA) is 41.1 Å². The van der Waals surface area contributed by atoms with Crippen LogP contribution in [0.5, 0.6) is 0 Å². The highest BCUT2D eigenvalue weighted by molar-refractivity contribution is 5.78. The quantitative estimate of drug-likeness (QED) is 0.743. The summed E-state index contributed by atoms with van der Waals surface area (Å²) in [5.74, 6) is 0.514. The zero-order valence-corrected chi connectivity index (χ0v) is 13.3. The van der Waals surface area contributed by atoms with Gasteiger partial charge in [0.1, 0.15) is 0 Å². The third-order valence-electron chi connectivity index (χ3n) is 3.04. The van der Waals surface area contributed by atoms with Gasteiger partial charge < -0.3 is 10.6 Å². The van der Waals surface area contributed by atoms with Crippen molar-refractivity contribution in [3.05, 3.63) is 0 Å². The first-order valence-electron chi connectivity index (χ1n) is 7.73. The van der Waals surface area contributed by atoms with Crippen molar-refractivity contribution in [3.63, 3.8) is 0 Å². The van der Waals surface area contributed by atoms with Crippen molar-refractivity contribution in [2.24, 2.45) is 5.92 Å². The zero-order chi connectivity index (χ0) is 14.4. The van der Waals surface area contributed by atoms with E-state index in [-0.39, 0.29) is 11.8 Å². The SMILES string of the molecule is CC.CC.CCCCNC(=O)[C@H]1CC[C@@H](NC)C1. The molecule has 3 heteroatoms. The second-order valence-electron chi connectivity index (χ2n) is 4.14. The van der Waals surface area contributed by atoms with Crippen LogP contribution in [-0.2, 0) is 4.79 Å². The highest BCUT2D eigenvalue weighted by atomic mass is 16.1. The van der Waals surface area contributed by atoms with Crippen LogP contribution >= 0.6 is 0 Å². The lowest BCUT2D eigenvalue weighted by Gasteiger charge is -2.11. The van der Waals surface area contributed by atoms with E-state index in [4.69, 9.17) is 0 Å². The van der Waals surface area contributed by atoms with Gasteiger partial charge in [0.2, 0.25) is 5.91 Å². The minimum absolute atomic E-state index is 0.254. The van der Waals surface area contributed by atoms with Gasteiger partial charge in [-0.2, -0.15) is 0 Å². The Morgan fingerprint density at radius 2 is 1.78 bits per heavy atom. The molecule has 2 atom stereocenters. The van der Waals surface area contributed by atoms with Crippen LogP contribution in [0, 0.1) is 5.92 Å². The van der Waals surface area contributed by atoms with E-state index in [1.54, 1.807) is 0 Å². The van der Waals surface area contributed by atoms with Crippen LogP contribution in [0.15, 0.2) is 0 Å². The molecule has 1 aliphatic carbocycles. The Labute approximate surface area is 114 Å². The number of carbonyl (C=O) groups is 1. The Balaban J connectivity index is 0. The first-order valence-corrected chi connectivity index (χ1v) is 7.73. The van der Waals surface area contributed by atoms with E-state index >= 15 is 0 Å². The number of hydrogen-bond acceptors (Lipinski definition) is 2. The Bertz CT molecular complexity index is 183. The number of hydrogen-bond donors (Lipinski definition) is 2. The summed E-state index contributed by atoms with van der Waals surface area (Å²) in [5, 5.41) is 6.24. The monoisotopic (exact) mass is 258 g/mol. The first-order chi connectivity index (χ1) is 8.77. The fourth-order valence-electron chi connectivity index (χ4n) is 2.01. The van der Waals surface area contributed by atoms with Crippen LogP contribution in [0.3, 0.4) is 0 Å². The van der Waals surface area contributed by atoms with Crippen LogP contribution in [0.4, 0.5) is 0 Å². The molecule has 18 heavy (non-hydrogen) atoms. The molecule has 0 aromatic carbocycles. The average Bonchev–Trinajstić information content (AvgIpc) is 2.92. The van der Waals surface area contributed by atoms with Crippen LogP contribution in [0.2, 0.25) is 0 Å². The predicted molar refractivity (Wildman–Crippen MR) is 80.8 cm³/mol. The maximum atomic E-state index is 11.6. The molecule has 1 rings (SSSR count). The molecule has 0 bridgehead atoms. The van der Waals surface area contributed by atoms with Crippen LogP contribution < -0.4 is 10.6 Å². The highest BCUT2D eigenvalue weighted by Crippen LogP contribution is 2.25. The fourth-order valence-corrected chi connectivity index (χ4v) is 2.01. The van der Waals surface area contributed by atoms with Crippen molar-refractivity contribution < 1.29 is 4.79 Å². The van der Waals surface area contributed by atoms with Gasteiger partial charge in [-0.1, -0.05) is 41.0 Å². The number of rotatable bonds is 5. The molecule has 0 spiro atoms. The molecule has 1 fully saturated rings. The summed E-state index contributed by atoms with van der Waals surface area (Å²) in [7, 11) is 1.97. The minimum atomic E-state index is 0.254. The molecule has 0 aromatic heterocycles. The molecule has 0 saturated heterocycles. The number of amides is 1. The summed E-state index contributed by atoms with van der Waals surface area (Å²) in [5.41, 5.74) is 0. The van der Waals surface area contributed by atoms with Crippen LogP contribution in [0.1, 0.15) is 66.7 Å². The van der Waals surface area contributed by atoms with Crippen molar-refractivity contribution in [1.82, 2.24) is 10.6 Å².